The summed E-state index contributed by atoms with van der Waals surface area (Å²) in [6.07, 6.45) is 2.82. The quantitative estimate of drug-likeness (QED) is 0.551. The molecule has 0 radical (unpaired) electrons. The number of esters is 1. The minimum Gasteiger partial charge on any atom is -0.492 e. The Morgan fingerprint density at radius 3 is 2.75 bits per heavy atom. The molecule has 2 aromatic rings. The third-order valence-electron chi connectivity index (χ3n) is 4.39. The van der Waals surface area contributed by atoms with Crippen molar-refractivity contribution in [2.24, 2.45) is 5.92 Å². The molecule has 3 rings (SSSR count). The predicted molar refractivity (Wildman–Crippen MR) is 115 cm³/mol. The van der Waals surface area contributed by atoms with Gasteiger partial charge >= 0.3 is 5.97 Å². The number of fused-ring (bicyclic) bond motifs is 1. The zero-order chi connectivity index (χ0) is 20.3. The van der Waals surface area contributed by atoms with Gasteiger partial charge in [-0.15, -0.1) is 11.3 Å². The molecular weight excluding hydrogens is 442 g/mol. The Balaban J connectivity index is 1.80. The van der Waals surface area contributed by atoms with Crippen LogP contribution in [-0.4, -0.2) is 25.1 Å². The highest BCUT2D eigenvalue weighted by atomic mass is 79.9. The second-order valence-electron chi connectivity index (χ2n) is 7.09. The van der Waals surface area contributed by atoms with Crippen LogP contribution in [0.1, 0.15) is 58.3 Å². The number of aryl methyl sites for hydroxylation is 1. The molecule has 1 heterocycles. The average Bonchev–Trinajstić information content (AvgIpc) is 3.21. The smallest absolute Gasteiger partial charge is 0.341 e. The largest absolute Gasteiger partial charge is 0.492 e. The van der Waals surface area contributed by atoms with Gasteiger partial charge in [-0.25, -0.2) is 4.79 Å². The van der Waals surface area contributed by atoms with Crippen molar-refractivity contribution in [2.45, 2.75) is 40.0 Å². The van der Waals surface area contributed by atoms with Gasteiger partial charge in [0.2, 0.25) is 0 Å². The fourth-order valence-corrected chi connectivity index (χ4v) is 4.87. The van der Waals surface area contributed by atoms with Gasteiger partial charge in [0.1, 0.15) is 10.8 Å². The summed E-state index contributed by atoms with van der Waals surface area (Å²) in [5.41, 5.74) is 2.04. The van der Waals surface area contributed by atoms with Crippen LogP contribution in [0.3, 0.4) is 0 Å². The first-order valence-electron chi connectivity index (χ1n) is 9.46. The van der Waals surface area contributed by atoms with Crippen molar-refractivity contribution in [2.75, 3.05) is 18.5 Å². The Hall–Kier alpha value is -1.86. The minimum atomic E-state index is -0.365. The number of amides is 1. The number of rotatable bonds is 7. The van der Waals surface area contributed by atoms with Crippen molar-refractivity contribution in [3.8, 4) is 5.75 Å². The summed E-state index contributed by atoms with van der Waals surface area (Å²) in [7, 11) is 0. The third kappa shape index (κ3) is 4.58. The van der Waals surface area contributed by atoms with E-state index in [9.17, 15) is 9.59 Å². The van der Waals surface area contributed by atoms with Crippen LogP contribution in [0.4, 0.5) is 5.00 Å². The van der Waals surface area contributed by atoms with E-state index in [1.165, 1.54) is 11.3 Å². The maximum Gasteiger partial charge on any atom is 0.341 e. The highest BCUT2D eigenvalue weighted by Gasteiger charge is 2.28. The zero-order valence-electron chi connectivity index (χ0n) is 16.3. The highest BCUT2D eigenvalue weighted by Crippen LogP contribution is 2.40. The van der Waals surface area contributed by atoms with Crippen molar-refractivity contribution < 1.29 is 19.1 Å². The van der Waals surface area contributed by atoms with Gasteiger partial charge in [-0.1, -0.05) is 13.8 Å². The molecule has 5 nitrogen and oxygen atoms in total. The lowest BCUT2D eigenvalue weighted by molar-refractivity contribution is 0.0527. The standard InChI is InChI=1S/C21H24BrNO4S/c1-4-26-21(25)18-14-6-5-7-17(14)28-20(18)23-19(24)13-8-9-16(15(22)10-13)27-11-12(2)3/h8-10,12H,4-7,11H2,1-3H3,(H,23,24). The normalized spacial score (nSPS) is 12.8. The molecule has 1 aliphatic carbocycles. The topological polar surface area (TPSA) is 64.6 Å². The van der Waals surface area contributed by atoms with Gasteiger partial charge in [0.15, 0.2) is 0 Å². The van der Waals surface area contributed by atoms with Gasteiger partial charge in [0.25, 0.3) is 5.91 Å². The lowest BCUT2D eigenvalue weighted by atomic mass is 10.1. The van der Waals surface area contributed by atoms with E-state index in [-0.39, 0.29) is 11.9 Å². The van der Waals surface area contributed by atoms with Crippen LogP contribution in [0, 0.1) is 5.92 Å². The monoisotopic (exact) mass is 465 g/mol. The summed E-state index contributed by atoms with van der Waals surface area (Å²) in [6, 6.07) is 5.24. The van der Waals surface area contributed by atoms with E-state index in [1.54, 1.807) is 25.1 Å². The Bertz CT molecular complexity index is 891. The van der Waals surface area contributed by atoms with Crippen LogP contribution in [-0.2, 0) is 17.6 Å². The zero-order valence-corrected chi connectivity index (χ0v) is 18.7. The van der Waals surface area contributed by atoms with Crippen molar-refractivity contribution in [1.82, 2.24) is 0 Å². The van der Waals surface area contributed by atoms with Crippen LogP contribution in [0.15, 0.2) is 22.7 Å². The van der Waals surface area contributed by atoms with Crippen LogP contribution < -0.4 is 10.1 Å². The maximum atomic E-state index is 12.8. The molecular formula is C21H24BrNO4S. The van der Waals surface area contributed by atoms with Crippen LogP contribution >= 0.6 is 27.3 Å². The van der Waals surface area contributed by atoms with E-state index in [0.29, 0.717) is 41.0 Å². The van der Waals surface area contributed by atoms with Crippen molar-refractivity contribution in [3.63, 3.8) is 0 Å². The number of carbonyl (C=O) groups is 2. The summed E-state index contributed by atoms with van der Waals surface area (Å²) in [4.78, 5) is 26.4. The first kappa shape index (κ1) is 20.9. The molecule has 1 aliphatic rings. The first-order valence-corrected chi connectivity index (χ1v) is 11.1. The van der Waals surface area contributed by atoms with E-state index in [4.69, 9.17) is 9.47 Å². The van der Waals surface area contributed by atoms with Gasteiger partial charge < -0.3 is 14.8 Å². The molecule has 1 N–H and O–H groups in total. The van der Waals surface area contributed by atoms with Crippen molar-refractivity contribution in [1.29, 1.82) is 0 Å². The van der Waals surface area contributed by atoms with Crippen LogP contribution in [0.2, 0.25) is 0 Å². The average molecular weight is 466 g/mol. The first-order chi connectivity index (χ1) is 13.4. The Morgan fingerprint density at radius 2 is 2.07 bits per heavy atom. The fourth-order valence-electron chi connectivity index (χ4n) is 3.10. The molecule has 1 aromatic heterocycles. The number of halogens is 1. The molecule has 1 amide bonds. The number of nitrogens with one attached hydrogen (secondary N) is 1. The van der Waals surface area contributed by atoms with E-state index < -0.39 is 0 Å². The van der Waals surface area contributed by atoms with Gasteiger partial charge in [-0.2, -0.15) is 0 Å². The Kier molecular flexibility index (Phi) is 6.78. The van der Waals surface area contributed by atoms with E-state index >= 15 is 0 Å². The summed E-state index contributed by atoms with van der Waals surface area (Å²) in [5, 5.41) is 3.48. The van der Waals surface area contributed by atoms with Gasteiger partial charge in [0, 0.05) is 10.4 Å². The number of hydrogen-bond donors (Lipinski definition) is 1. The minimum absolute atomic E-state index is 0.262. The maximum absolute atomic E-state index is 12.8. The second-order valence-corrected chi connectivity index (χ2v) is 9.05. The van der Waals surface area contributed by atoms with Gasteiger partial charge in [-0.05, 0) is 71.8 Å². The fraction of sp³-hybridized carbons (Fsp3) is 0.429. The SMILES string of the molecule is CCOC(=O)c1c(NC(=O)c2ccc(OCC(C)C)c(Br)c2)sc2c1CCC2. The lowest BCUT2D eigenvalue weighted by Gasteiger charge is -2.12. The van der Waals surface area contributed by atoms with Crippen LogP contribution in [0.25, 0.3) is 0 Å². The summed E-state index contributed by atoms with van der Waals surface area (Å²) >= 11 is 4.94. The van der Waals surface area contributed by atoms with E-state index in [0.717, 1.165) is 34.2 Å². The molecule has 0 atom stereocenters. The van der Waals surface area contributed by atoms with E-state index in [2.05, 4.69) is 35.1 Å². The lowest BCUT2D eigenvalue weighted by Crippen LogP contribution is -2.15. The molecule has 7 heteroatoms. The number of hydrogen-bond acceptors (Lipinski definition) is 5. The Morgan fingerprint density at radius 1 is 1.29 bits per heavy atom. The van der Waals surface area contributed by atoms with Crippen molar-refractivity contribution >= 4 is 44.1 Å². The molecule has 28 heavy (non-hydrogen) atoms. The number of anilines is 1. The van der Waals surface area contributed by atoms with E-state index in [1.807, 2.05) is 0 Å². The third-order valence-corrected chi connectivity index (χ3v) is 6.22. The molecule has 0 unspecified atom stereocenters. The molecule has 0 fully saturated rings. The Labute approximate surface area is 177 Å². The summed E-state index contributed by atoms with van der Waals surface area (Å²) < 4.78 is 11.7. The second kappa shape index (κ2) is 9.09. The van der Waals surface area contributed by atoms with Crippen LogP contribution in [0.5, 0.6) is 5.75 Å². The molecule has 0 saturated heterocycles. The molecule has 1 aromatic carbocycles. The molecule has 0 saturated carbocycles. The molecule has 0 aliphatic heterocycles. The van der Waals surface area contributed by atoms with Gasteiger partial charge in [0.05, 0.1) is 23.2 Å². The number of ether oxygens (including phenoxy) is 2. The number of benzene rings is 1. The van der Waals surface area contributed by atoms with Crippen molar-refractivity contribution in [3.05, 3.63) is 44.2 Å². The predicted octanol–water partition coefficient (Wildman–Crippen LogP) is 5.46. The van der Waals surface area contributed by atoms with Gasteiger partial charge in [-0.3, -0.25) is 4.79 Å². The number of carbonyl (C=O) groups excluding carboxylic acids is 2. The molecule has 150 valence electrons. The highest BCUT2D eigenvalue weighted by molar-refractivity contribution is 9.10. The molecule has 0 spiro atoms. The number of thiophene rings is 1. The molecule has 0 bridgehead atoms. The summed E-state index contributed by atoms with van der Waals surface area (Å²) in [6.45, 7) is 6.85. The summed E-state index contributed by atoms with van der Waals surface area (Å²) in [5.74, 6) is 0.488.